The van der Waals surface area contributed by atoms with Gasteiger partial charge in [-0.05, 0) is 36.6 Å². The Labute approximate surface area is 175 Å². The molecule has 2 heterocycles. The lowest BCUT2D eigenvalue weighted by atomic mass is 10.1. The van der Waals surface area contributed by atoms with Gasteiger partial charge in [0.1, 0.15) is 11.3 Å². The molecule has 4 aromatic rings. The van der Waals surface area contributed by atoms with Gasteiger partial charge in [0.15, 0.2) is 0 Å². The molecule has 6 heteroatoms. The molecular weight excluding hydrogens is 384 g/mol. The van der Waals surface area contributed by atoms with Gasteiger partial charge in [0.2, 0.25) is 11.2 Å². The molecule has 2 aromatic heterocycles. The molecule has 0 amide bonds. The van der Waals surface area contributed by atoms with Crippen LogP contribution < -0.4 is 4.90 Å². The standard InChI is InChI=1S/C23H23ClN4O/c1-16(2)28-15-19-20(22(28)29)25-23(24)26-21(19)27(13-17-9-5-3-6-10-17)14-18-11-7-4-8-12-18/h3-12,15-16,29H,13-14H2,1-2H3. The molecule has 0 bridgehead atoms. The van der Waals surface area contributed by atoms with E-state index in [9.17, 15) is 5.11 Å². The minimum Gasteiger partial charge on any atom is -0.493 e. The van der Waals surface area contributed by atoms with Crippen LogP contribution in [0.2, 0.25) is 5.28 Å². The normalized spacial score (nSPS) is 11.3. The summed E-state index contributed by atoms with van der Waals surface area (Å²) in [6.45, 7) is 5.34. The van der Waals surface area contributed by atoms with Crippen LogP contribution in [0, 0.1) is 0 Å². The summed E-state index contributed by atoms with van der Waals surface area (Å²) in [5.41, 5.74) is 2.80. The first-order valence-corrected chi connectivity index (χ1v) is 10.0. The molecule has 1 N–H and O–H groups in total. The summed E-state index contributed by atoms with van der Waals surface area (Å²) in [6, 6.07) is 20.6. The maximum Gasteiger partial charge on any atom is 0.225 e. The number of hydrogen-bond donors (Lipinski definition) is 1. The molecule has 0 atom stereocenters. The quantitative estimate of drug-likeness (QED) is 0.425. The number of benzene rings is 2. The molecule has 0 aliphatic carbocycles. The van der Waals surface area contributed by atoms with E-state index in [-0.39, 0.29) is 17.2 Å². The second kappa shape index (κ2) is 8.13. The Kier molecular flexibility index (Phi) is 5.41. The van der Waals surface area contributed by atoms with Crippen molar-refractivity contribution in [2.75, 3.05) is 4.90 Å². The molecular formula is C23H23ClN4O. The van der Waals surface area contributed by atoms with Crippen molar-refractivity contribution < 1.29 is 5.11 Å². The number of nitrogens with zero attached hydrogens (tertiary/aromatic N) is 4. The highest BCUT2D eigenvalue weighted by Crippen LogP contribution is 2.35. The Morgan fingerprint density at radius 1 is 0.931 bits per heavy atom. The summed E-state index contributed by atoms with van der Waals surface area (Å²) < 4.78 is 1.79. The van der Waals surface area contributed by atoms with E-state index in [1.165, 1.54) is 11.1 Å². The number of hydrogen-bond acceptors (Lipinski definition) is 4. The van der Waals surface area contributed by atoms with Gasteiger partial charge in [0.25, 0.3) is 0 Å². The van der Waals surface area contributed by atoms with Crippen LogP contribution in [0.3, 0.4) is 0 Å². The van der Waals surface area contributed by atoms with Gasteiger partial charge in [-0.15, -0.1) is 0 Å². The predicted molar refractivity (Wildman–Crippen MR) is 117 cm³/mol. The van der Waals surface area contributed by atoms with Crippen molar-refractivity contribution in [2.45, 2.75) is 33.0 Å². The van der Waals surface area contributed by atoms with Crippen LogP contribution in [0.1, 0.15) is 31.0 Å². The smallest absolute Gasteiger partial charge is 0.225 e. The van der Waals surface area contributed by atoms with Crippen LogP contribution in [-0.4, -0.2) is 19.6 Å². The number of fused-ring (bicyclic) bond motifs is 1. The molecule has 0 saturated carbocycles. The van der Waals surface area contributed by atoms with Crippen LogP contribution in [0.25, 0.3) is 10.9 Å². The SMILES string of the molecule is CC(C)n1cc2c(N(Cc3ccccc3)Cc3ccccc3)nc(Cl)nc2c1O. The fraction of sp³-hybridized carbons (Fsp3) is 0.217. The van der Waals surface area contributed by atoms with E-state index in [4.69, 9.17) is 11.6 Å². The molecule has 0 aliphatic rings. The lowest BCUT2D eigenvalue weighted by molar-refractivity contribution is 0.404. The van der Waals surface area contributed by atoms with Gasteiger partial charge in [0.05, 0.1) is 5.39 Å². The lowest BCUT2D eigenvalue weighted by Crippen LogP contribution is -2.23. The fourth-order valence-electron chi connectivity index (χ4n) is 3.49. The summed E-state index contributed by atoms with van der Waals surface area (Å²) in [5.74, 6) is 0.822. The number of anilines is 1. The summed E-state index contributed by atoms with van der Waals surface area (Å²) in [5, 5.41) is 11.6. The van der Waals surface area contributed by atoms with E-state index in [0.29, 0.717) is 24.4 Å². The molecule has 148 valence electrons. The van der Waals surface area contributed by atoms with Gasteiger partial charge in [-0.1, -0.05) is 60.7 Å². The first-order valence-electron chi connectivity index (χ1n) is 9.62. The third-order valence-electron chi connectivity index (χ3n) is 4.91. The zero-order chi connectivity index (χ0) is 20.4. The van der Waals surface area contributed by atoms with Gasteiger partial charge in [-0.2, -0.15) is 4.98 Å². The van der Waals surface area contributed by atoms with E-state index in [1.54, 1.807) is 4.57 Å². The maximum atomic E-state index is 10.7. The van der Waals surface area contributed by atoms with Gasteiger partial charge in [0, 0.05) is 25.3 Å². The average Bonchev–Trinajstić information content (AvgIpc) is 3.05. The van der Waals surface area contributed by atoms with Crippen LogP contribution in [0.5, 0.6) is 5.88 Å². The zero-order valence-corrected chi connectivity index (χ0v) is 17.2. The van der Waals surface area contributed by atoms with Crippen LogP contribution >= 0.6 is 11.6 Å². The molecule has 0 saturated heterocycles. The van der Waals surface area contributed by atoms with Crippen molar-refractivity contribution >= 4 is 28.3 Å². The number of halogens is 1. The first-order chi connectivity index (χ1) is 14.0. The Bertz CT molecular complexity index is 1070. The van der Waals surface area contributed by atoms with E-state index in [1.807, 2.05) is 56.4 Å². The minimum absolute atomic E-state index is 0.0903. The highest BCUT2D eigenvalue weighted by atomic mass is 35.5. The number of rotatable bonds is 6. The highest BCUT2D eigenvalue weighted by molar-refractivity contribution is 6.29. The van der Waals surface area contributed by atoms with E-state index >= 15 is 0 Å². The Morgan fingerprint density at radius 3 is 2.00 bits per heavy atom. The van der Waals surface area contributed by atoms with E-state index in [0.717, 1.165) is 5.39 Å². The molecule has 0 unspecified atom stereocenters. The molecule has 5 nitrogen and oxygen atoms in total. The third kappa shape index (κ3) is 4.05. The van der Waals surface area contributed by atoms with Crippen molar-refractivity contribution in [3.8, 4) is 5.88 Å². The lowest BCUT2D eigenvalue weighted by Gasteiger charge is -2.25. The average molecular weight is 407 g/mol. The predicted octanol–water partition coefficient (Wildman–Crippen LogP) is 5.58. The molecule has 29 heavy (non-hydrogen) atoms. The Hall–Kier alpha value is -3.05. The second-order valence-electron chi connectivity index (χ2n) is 7.36. The van der Waals surface area contributed by atoms with Gasteiger partial charge < -0.3 is 14.6 Å². The van der Waals surface area contributed by atoms with Crippen molar-refractivity contribution in [2.24, 2.45) is 0 Å². The zero-order valence-electron chi connectivity index (χ0n) is 16.5. The maximum absolute atomic E-state index is 10.7. The first kappa shape index (κ1) is 19.3. The second-order valence-corrected chi connectivity index (χ2v) is 7.70. The molecule has 0 radical (unpaired) electrons. The van der Waals surface area contributed by atoms with Crippen molar-refractivity contribution in [3.05, 3.63) is 83.3 Å². The summed E-state index contributed by atoms with van der Waals surface area (Å²) in [6.07, 6.45) is 1.91. The summed E-state index contributed by atoms with van der Waals surface area (Å²) in [7, 11) is 0. The molecule has 4 rings (SSSR count). The largest absolute Gasteiger partial charge is 0.493 e. The van der Waals surface area contributed by atoms with E-state index < -0.39 is 0 Å². The van der Waals surface area contributed by atoms with Crippen LogP contribution in [-0.2, 0) is 13.1 Å². The van der Waals surface area contributed by atoms with Crippen LogP contribution in [0.15, 0.2) is 66.9 Å². The molecule has 0 aliphatic heterocycles. The molecule has 0 spiro atoms. The number of aromatic nitrogens is 3. The van der Waals surface area contributed by atoms with E-state index in [2.05, 4.69) is 39.1 Å². The Balaban J connectivity index is 1.84. The topological polar surface area (TPSA) is 54.2 Å². The molecule has 2 aromatic carbocycles. The van der Waals surface area contributed by atoms with Gasteiger partial charge in [-0.25, -0.2) is 4.98 Å². The van der Waals surface area contributed by atoms with Crippen molar-refractivity contribution in [1.29, 1.82) is 0 Å². The monoisotopic (exact) mass is 406 g/mol. The summed E-state index contributed by atoms with van der Waals surface area (Å²) in [4.78, 5) is 11.0. The molecule has 0 fully saturated rings. The summed E-state index contributed by atoms with van der Waals surface area (Å²) >= 11 is 6.27. The van der Waals surface area contributed by atoms with Crippen molar-refractivity contribution in [3.63, 3.8) is 0 Å². The third-order valence-corrected chi connectivity index (χ3v) is 5.08. The minimum atomic E-state index is 0.0903. The van der Waals surface area contributed by atoms with Gasteiger partial charge >= 0.3 is 0 Å². The van der Waals surface area contributed by atoms with Crippen molar-refractivity contribution in [1.82, 2.24) is 14.5 Å². The van der Waals surface area contributed by atoms with Crippen LogP contribution in [0.4, 0.5) is 5.82 Å². The fourth-order valence-corrected chi connectivity index (χ4v) is 3.66. The highest BCUT2D eigenvalue weighted by Gasteiger charge is 2.21. The number of aromatic hydroxyl groups is 1. The Morgan fingerprint density at radius 2 is 1.48 bits per heavy atom. The van der Waals surface area contributed by atoms with Gasteiger partial charge in [-0.3, -0.25) is 0 Å².